The van der Waals surface area contributed by atoms with E-state index in [0.717, 1.165) is 29.5 Å². The van der Waals surface area contributed by atoms with Crippen LogP contribution in [-0.2, 0) is 16.0 Å². The van der Waals surface area contributed by atoms with Crippen molar-refractivity contribution in [3.05, 3.63) is 83.9 Å². The van der Waals surface area contributed by atoms with Gasteiger partial charge in [0.25, 0.3) is 0 Å². The Kier molecular flexibility index (Phi) is 7.18. The van der Waals surface area contributed by atoms with Crippen LogP contribution in [0.1, 0.15) is 50.8 Å². The maximum absolute atomic E-state index is 12.9. The fraction of sp³-hybridized carbons (Fsp3) is 0.320. The minimum atomic E-state index is -0.306. The van der Waals surface area contributed by atoms with Crippen molar-refractivity contribution < 1.29 is 9.53 Å². The number of allylic oxidation sites excluding steroid dienone is 1. The van der Waals surface area contributed by atoms with Crippen LogP contribution in [0.4, 0.5) is 0 Å². The number of benzene rings is 2. The Bertz CT molecular complexity index is 790. The van der Waals surface area contributed by atoms with Crippen LogP contribution < -0.4 is 0 Å². The van der Waals surface area contributed by atoms with Crippen molar-refractivity contribution in [2.75, 3.05) is 6.61 Å². The summed E-state index contributed by atoms with van der Waals surface area (Å²) in [5.41, 5.74) is 5.05. The highest BCUT2D eigenvalue weighted by atomic mass is 16.5. The number of rotatable bonds is 7. The first-order valence-corrected chi connectivity index (χ1v) is 9.51. The Morgan fingerprint density at radius 2 is 1.63 bits per heavy atom. The highest BCUT2D eigenvalue weighted by molar-refractivity contribution is 6.24. The van der Waals surface area contributed by atoms with Crippen molar-refractivity contribution in [2.45, 2.75) is 40.5 Å². The van der Waals surface area contributed by atoms with E-state index in [1.807, 2.05) is 42.5 Å². The van der Waals surface area contributed by atoms with Crippen molar-refractivity contribution in [1.29, 1.82) is 0 Å². The zero-order chi connectivity index (χ0) is 19.9. The molecule has 0 spiro atoms. The van der Waals surface area contributed by atoms with Crippen molar-refractivity contribution in [1.82, 2.24) is 0 Å². The summed E-state index contributed by atoms with van der Waals surface area (Å²) in [7, 11) is 0. The molecule has 0 saturated heterocycles. The summed E-state index contributed by atoms with van der Waals surface area (Å²) < 4.78 is 5.41. The first kappa shape index (κ1) is 20.7. The second-order valence-electron chi connectivity index (χ2n) is 7.89. The molecule has 2 rings (SSSR count). The van der Waals surface area contributed by atoms with Crippen LogP contribution in [0.25, 0.3) is 11.1 Å². The molecule has 0 bridgehead atoms. The average molecular weight is 363 g/mol. The van der Waals surface area contributed by atoms with Crippen molar-refractivity contribution in [3.63, 3.8) is 0 Å². The Morgan fingerprint density at radius 3 is 2.15 bits per heavy atom. The van der Waals surface area contributed by atoms with Crippen LogP contribution >= 0.6 is 0 Å². The molecule has 0 amide bonds. The van der Waals surface area contributed by atoms with Gasteiger partial charge in [0, 0.05) is 0 Å². The molecule has 0 aliphatic carbocycles. The van der Waals surface area contributed by atoms with Gasteiger partial charge in [-0.05, 0) is 40.5 Å². The van der Waals surface area contributed by atoms with E-state index in [1.165, 1.54) is 5.56 Å². The van der Waals surface area contributed by atoms with E-state index >= 15 is 0 Å². The lowest BCUT2D eigenvalue weighted by Gasteiger charge is -2.19. The molecular weight excluding hydrogens is 332 g/mol. The molecule has 2 aromatic rings. The molecule has 0 fully saturated rings. The van der Waals surface area contributed by atoms with Crippen LogP contribution in [0.5, 0.6) is 0 Å². The number of carbonyl (C=O) groups is 1. The summed E-state index contributed by atoms with van der Waals surface area (Å²) in [4.78, 5) is 12.9. The Balaban J connectivity index is 2.51. The fourth-order valence-corrected chi connectivity index (χ4v) is 3.19. The maximum atomic E-state index is 12.9. The van der Waals surface area contributed by atoms with E-state index in [-0.39, 0.29) is 18.0 Å². The van der Waals surface area contributed by atoms with Gasteiger partial charge in [-0.15, -0.1) is 0 Å². The van der Waals surface area contributed by atoms with E-state index in [0.29, 0.717) is 5.57 Å². The number of ether oxygens (including phenoxy) is 1. The highest BCUT2D eigenvalue weighted by Gasteiger charge is 2.20. The van der Waals surface area contributed by atoms with Gasteiger partial charge in [0.2, 0.25) is 0 Å². The lowest BCUT2D eigenvalue weighted by Crippen LogP contribution is -2.11. The van der Waals surface area contributed by atoms with Gasteiger partial charge in [0.1, 0.15) is 6.61 Å². The Labute approximate surface area is 163 Å². The van der Waals surface area contributed by atoms with Crippen LogP contribution in [0.2, 0.25) is 0 Å². The molecule has 0 aliphatic rings. The number of carbonyl (C=O) groups excluding carboxylic acids is 1. The normalized spacial score (nSPS) is 12.3. The second-order valence-corrected chi connectivity index (χ2v) is 7.89. The summed E-state index contributed by atoms with van der Waals surface area (Å²) in [6, 6.07) is 18.3. The third kappa shape index (κ3) is 5.96. The Morgan fingerprint density at radius 1 is 1.00 bits per heavy atom. The lowest BCUT2D eigenvalue weighted by atomic mass is 9.87. The monoisotopic (exact) mass is 362 g/mol. The molecular formula is C25H30O2. The number of hydrogen-bond donors (Lipinski definition) is 0. The van der Waals surface area contributed by atoms with Crippen molar-refractivity contribution in [3.8, 4) is 0 Å². The largest absolute Gasteiger partial charge is 0.458 e. The van der Waals surface area contributed by atoms with E-state index in [9.17, 15) is 4.79 Å². The summed E-state index contributed by atoms with van der Waals surface area (Å²) >= 11 is 0. The van der Waals surface area contributed by atoms with Gasteiger partial charge in [-0.25, -0.2) is 4.79 Å². The maximum Gasteiger partial charge on any atom is 0.339 e. The van der Waals surface area contributed by atoms with Gasteiger partial charge in [-0.1, -0.05) is 94.9 Å². The number of esters is 1. The SMILES string of the molecule is C=CCOC(=O)C(=C(CC)c1ccccc1)c1ccc(CC(C)(C)C)cc1. The molecule has 0 heterocycles. The molecule has 142 valence electrons. The minimum Gasteiger partial charge on any atom is -0.458 e. The molecule has 0 unspecified atom stereocenters. The van der Waals surface area contributed by atoms with E-state index in [2.05, 4.69) is 46.4 Å². The molecule has 2 nitrogen and oxygen atoms in total. The topological polar surface area (TPSA) is 26.3 Å². The molecule has 0 aliphatic heterocycles. The first-order valence-electron chi connectivity index (χ1n) is 9.51. The molecule has 0 N–H and O–H groups in total. The van der Waals surface area contributed by atoms with Crippen molar-refractivity contribution in [2.24, 2.45) is 5.41 Å². The highest BCUT2D eigenvalue weighted by Crippen LogP contribution is 2.31. The molecule has 2 heteroatoms. The predicted octanol–water partition coefficient (Wildman–Crippen LogP) is 6.33. The van der Waals surface area contributed by atoms with Gasteiger partial charge < -0.3 is 4.74 Å². The van der Waals surface area contributed by atoms with Gasteiger partial charge in [0.15, 0.2) is 0 Å². The molecule has 0 aromatic heterocycles. The van der Waals surface area contributed by atoms with E-state index in [1.54, 1.807) is 6.08 Å². The average Bonchev–Trinajstić information content (AvgIpc) is 2.64. The number of hydrogen-bond acceptors (Lipinski definition) is 2. The lowest BCUT2D eigenvalue weighted by molar-refractivity contribution is -0.135. The van der Waals surface area contributed by atoms with Crippen LogP contribution in [-0.4, -0.2) is 12.6 Å². The second kappa shape index (κ2) is 9.36. The van der Waals surface area contributed by atoms with Gasteiger partial charge >= 0.3 is 5.97 Å². The smallest absolute Gasteiger partial charge is 0.339 e. The van der Waals surface area contributed by atoms with Crippen LogP contribution in [0.15, 0.2) is 67.3 Å². The van der Waals surface area contributed by atoms with Crippen LogP contribution in [0.3, 0.4) is 0 Å². The first-order chi connectivity index (χ1) is 12.9. The standard InChI is InChI=1S/C25H30O2/c1-6-17-27-24(26)23(22(7-2)20-11-9-8-10-12-20)21-15-13-19(14-16-21)18-25(3,4)5/h6,8-16H,1,7,17-18H2,2-5H3. The van der Waals surface area contributed by atoms with E-state index in [4.69, 9.17) is 4.74 Å². The van der Waals surface area contributed by atoms with Crippen LogP contribution in [0, 0.1) is 5.41 Å². The molecule has 0 radical (unpaired) electrons. The van der Waals surface area contributed by atoms with Crippen molar-refractivity contribution >= 4 is 17.1 Å². The summed E-state index contributed by atoms with van der Waals surface area (Å²) in [5.74, 6) is -0.306. The summed E-state index contributed by atoms with van der Waals surface area (Å²) in [6.45, 7) is 12.6. The van der Waals surface area contributed by atoms with Gasteiger partial charge in [0.05, 0.1) is 5.57 Å². The molecule has 0 atom stereocenters. The zero-order valence-corrected chi connectivity index (χ0v) is 16.9. The third-order valence-electron chi connectivity index (χ3n) is 4.29. The van der Waals surface area contributed by atoms with E-state index < -0.39 is 0 Å². The molecule has 27 heavy (non-hydrogen) atoms. The fourth-order valence-electron chi connectivity index (χ4n) is 3.19. The zero-order valence-electron chi connectivity index (χ0n) is 16.9. The van der Waals surface area contributed by atoms with Gasteiger partial charge in [-0.2, -0.15) is 0 Å². The quantitative estimate of drug-likeness (QED) is 0.249. The Hall–Kier alpha value is -2.61. The summed E-state index contributed by atoms with van der Waals surface area (Å²) in [6.07, 6.45) is 3.33. The third-order valence-corrected chi connectivity index (χ3v) is 4.29. The predicted molar refractivity (Wildman–Crippen MR) is 114 cm³/mol. The van der Waals surface area contributed by atoms with Gasteiger partial charge in [-0.3, -0.25) is 0 Å². The molecule has 0 saturated carbocycles. The molecule has 2 aromatic carbocycles. The summed E-state index contributed by atoms with van der Waals surface area (Å²) in [5, 5.41) is 0. The minimum absolute atomic E-state index is 0.205.